The number of carbonyl (C=O) groups excluding carboxylic acids is 1. The Hall–Kier alpha value is -2.50. The van der Waals surface area contributed by atoms with Crippen LogP contribution < -0.4 is 0 Å². The van der Waals surface area contributed by atoms with Crippen molar-refractivity contribution in [1.82, 2.24) is 14.7 Å². The molecule has 6 nitrogen and oxygen atoms in total. The van der Waals surface area contributed by atoms with Gasteiger partial charge >= 0.3 is 6.09 Å². The fraction of sp³-hybridized carbons (Fsp3) is 0.500. The van der Waals surface area contributed by atoms with Crippen molar-refractivity contribution in [1.29, 1.82) is 0 Å². The van der Waals surface area contributed by atoms with E-state index in [1.54, 1.807) is 24.3 Å². The minimum atomic E-state index is -0.480. The lowest BCUT2D eigenvalue weighted by molar-refractivity contribution is -0.000389. The van der Waals surface area contributed by atoms with Crippen molar-refractivity contribution in [3.8, 4) is 0 Å². The number of methoxy groups -OCH3 is 1. The summed E-state index contributed by atoms with van der Waals surface area (Å²) in [6, 6.07) is 0.149. The fourth-order valence-corrected chi connectivity index (χ4v) is 2.73. The molecule has 0 aromatic carbocycles. The first-order valence-corrected chi connectivity index (χ1v) is 8.76. The first-order valence-electron chi connectivity index (χ1n) is 8.76. The van der Waals surface area contributed by atoms with Crippen molar-refractivity contribution in [2.24, 2.45) is 0 Å². The molecule has 1 aliphatic heterocycles. The second-order valence-corrected chi connectivity index (χ2v) is 7.37. The maximum atomic E-state index is 12.0. The third kappa shape index (κ3) is 4.36. The summed E-state index contributed by atoms with van der Waals surface area (Å²) in [6.45, 7) is 14.7. The van der Waals surface area contributed by atoms with Gasteiger partial charge in [-0.25, -0.2) is 4.79 Å². The molecular weight excluding hydrogens is 330 g/mol. The number of aromatic nitrogens is 2. The molecule has 0 unspecified atom stereocenters. The Kier molecular flexibility index (Phi) is 5.95. The molecule has 2 rings (SSSR count). The van der Waals surface area contributed by atoms with E-state index in [2.05, 4.69) is 11.7 Å². The summed E-state index contributed by atoms with van der Waals surface area (Å²) >= 11 is 0. The van der Waals surface area contributed by atoms with Gasteiger partial charge in [-0.2, -0.15) is 5.10 Å². The van der Waals surface area contributed by atoms with E-state index in [0.29, 0.717) is 13.1 Å². The minimum Gasteiger partial charge on any atom is -0.496 e. The molecule has 0 bridgehead atoms. The van der Waals surface area contributed by atoms with E-state index in [0.717, 1.165) is 22.5 Å². The number of likely N-dealkylation sites (tertiary alicyclic amines) is 1. The number of carbonyl (C=O) groups is 1. The van der Waals surface area contributed by atoms with Crippen LogP contribution in [0.5, 0.6) is 0 Å². The van der Waals surface area contributed by atoms with Gasteiger partial charge in [-0.15, -0.1) is 0 Å². The summed E-state index contributed by atoms with van der Waals surface area (Å²) in [7, 11) is 1.65. The molecule has 1 aromatic rings. The summed E-state index contributed by atoms with van der Waals surface area (Å²) in [5.41, 5.74) is 2.40. The highest BCUT2D eigenvalue weighted by molar-refractivity contribution is 5.77. The second-order valence-electron chi connectivity index (χ2n) is 7.37. The molecule has 1 saturated heterocycles. The molecule has 142 valence electrons. The van der Waals surface area contributed by atoms with Crippen LogP contribution in [0, 0.1) is 0 Å². The van der Waals surface area contributed by atoms with Gasteiger partial charge in [0, 0.05) is 30.4 Å². The van der Waals surface area contributed by atoms with Gasteiger partial charge in [0.05, 0.1) is 19.3 Å². The van der Waals surface area contributed by atoms with Crippen LogP contribution in [0.15, 0.2) is 42.5 Å². The minimum absolute atomic E-state index is 0.149. The smallest absolute Gasteiger partial charge is 0.410 e. The highest BCUT2D eigenvalue weighted by Gasteiger charge is 2.35. The topological polar surface area (TPSA) is 56.6 Å². The Bertz CT molecular complexity index is 732. The van der Waals surface area contributed by atoms with Gasteiger partial charge < -0.3 is 14.4 Å². The van der Waals surface area contributed by atoms with E-state index in [4.69, 9.17) is 9.47 Å². The third-order valence-electron chi connectivity index (χ3n) is 4.24. The quantitative estimate of drug-likeness (QED) is 0.584. The normalized spacial score (nSPS) is 16.7. The molecule has 26 heavy (non-hydrogen) atoms. The zero-order valence-corrected chi connectivity index (χ0v) is 16.6. The molecule has 1 aromatic heterocycles. The zero-order chi connectivity index (χ0) is 19.5. The third-order valence-corrected chi connectivity index (χ3v) is 4.24. The van der Waals surface area contributed by atoms with Crippen LogP contribution in [0.4, 0.5) is 4.79 Å². The Labute approximate surface area is 155 Å². The number of hydrogen-bond acceptors (Lipinski definition) is 4. The molecule has 6 heteroatoms. The maximum Gasteiger partial charge on any atom is 0.410 e. The van der Waals surface area contributed by atoms with Gasteiger partial charge in [0.1, 0.15) is 11.4 Å². The van der Waals surface area contributed by atoms with Crippen LogP contribution in [0.1, 0.15) is 46.2 Å². The average molecular weight is 359 g/mol. The predicted molar refractivity (Wildman–Crippen MR) is 103 cm³/mol. The average Bonchev–Trinajstić information content (AvgIpc) is 2.97. The number of ether oxygens (including phenoxy) is 2. The number of nitrogens with zero attached hydrogens (tertiary/aromatic N) is 3. The van der Waals surface area contributed by atoms with Crippen molar-refractivity contribution >= 4 is 11.7 Å². The Balaban J connectivity index is 2.11. The Morgan fingerprint density at radius 3 is 2.54 bits per heavy atom. The first-order chi connectivity index (χ1) is 12.2. The molecular formula is C20H29N3O3. The fourth-order valence-electron chi connectivity index (χ4n) is 2.73. The second kappa shape index (κ2) is 7.81. The Morgan fingerprint density at radius 2 is 2.04 bits per heavy atom. The van der Waals surface area contributed by atoms with Crippen LogP contribution >= 0.6 is 0 Å². The molecule has 0 atom stereocenters. The van der Waals surface area contributed by atoms with E-state index in [1.165, 1.54) is 0 Å². The molecule has 2 heterocycles. The van der Waals surface area contributed by atoms with Crippen LogP contribution in [0.25, 0.3) is 5.57 Å². The number of rotatable bonds is 5. The SMILES string of the molecule is C=C/C(=C(OC)\C(C)=C/C)c1cnn(C2CN(C(=O)OC(C)(C)C)C2)c1. The summed E-state index contributed by atoms with van der Waals surface area (Å²) in [5.74, 6) is 0.783. The highest BCUT2D eigenvalue weighted by Crippen LogP contribution is 2.28. The van der Waals surface area contributed by atoms with Crippen LogP contribution in [0.2, 0.25) is 0 Å². The molecule has 1 amide bonds. The van der Waals surface area contributed by atoms with E-state index in [9.17, 15) is 4.79 Å². The molecule has 0 spiro atoms. The lowest BCUT2D eigenvalue weighted by Gasteiger charge is -2.39. The van der Waals surface area contributed by atoms with Crippen LogP contribution in [-0.2, 0) is 9.47 Å². The highest BCUT2D eigenvalue weighted by atomic mass is 16.6. The van der Waals surface area contributed by atoms with Crippen LogP contribution in [-0.4, -0.2) is 46.6 Å². The number of amides is 1. The predicted octanol–water partition coefficient (Wildman–Crippen LogP) is 4.18. The van der Waals surface area contributed by atoms with E-state index in [1.807, 2.05) is 51.6 Å². The van der Waals surface area contributed by atoms with E-state index in [-0.39, 0.29) is 12.1 Å². The van der Waals surface area contributed by atoms with Crippen molar-refractivity contribution < 1.29 is 14.3 Å². The van der Waals surface area contributed by atoms with E-state index < -0.39 is 5.60 Å². The molecule has 0 aliphatic carbocycles. The molecule has 1 aliphatic rings. The van der Waals surface area contributed by atoms with Crippen LogP contribution in [0.3, 0.4) is 0 Å². The molecule has 0 saturated carbocycles. The Morgan fingerprint density at radius 1 is 1.38 bits per heavy atom. The van der Waals surface area contributed by atoms with Crippen molar-refractivity contribution in [3.63, 3.8) is 0 Å². The zero-order valence-electron chi connectivity index (χ0n) is 16.6. The summed E-state index contributed by atoms with van der Waals surface area (Å²) in [5, 5.41) is 4.46. The summed E-state index contributed by atoms with van der Waals surface area (Å²) in [6.07, 6.45) is 7.27. The van der Waals surface area contributed by atoms with Gasteiger partial charge in [0.15, 0.2) is 0 Å². The van der Waals surface area contributed by atoms with Gasteiger partial charge in [0.25, 0.3) is 0 Å². The van der Waals surface area contributed by atoms with Crippen molar-refractivity contribution in [2.75, 3.05) is 20.2 Å². The van der Waals surface area contributed by atoms with Crippen molar-refractivity contribution in [3.05, 3.63) is 48.0 Å². The monoisotopic (exact) mass is 359 g/mol. The van der Waals surface area contributed by atoms with Gasteiger partial charge in [-0.05, 0) is 40.2 Å². The number of hydrogen-bond donors (Lipinski definition) is 0. The molecule has 0 N–H and O–H groups in total. The summed E-state index contributed by atoms with van der Waals surface area (Å²) in [4.78, 5) is 13.7. The maximum absolute atomic E-state index is 12.0. The molecule has 0 radical (unpaired) electrons. The number of allylic oxidation sites excluding steroid dienone is 4. The van der Waals surface area contributed by atoms with E-state index >= 15 is 0 Å². The molecule has 1 fully saturated rings. The summed E-state index contributed by atoms with van der Waals surface area (Å²) < 4.78 is 12.8. The van der Waals surface area contributed by atoms with Gasteiger partial charge in [-0.3, -0.25) is 4.68 Å². The first kappa shape index (κ1) is 19.8. The van der Waals surface area contributed by atoms with Gasteiger partial charge in [-0.1, -0.05) is 18.7 Å². The standard InChI is InChI=1S/C20H29N3O3/c1-8-14(3)18(25-7)17(9-2)15-10-21-23(11-15)16-12-22(13-16)19(24)26-20(4,5)6/h8-11,16H,2,12-13H2,1,3-7H3/b14-8-,18-17-. The lowest BCUT2D eigenvalue weighted by atomic mass is 10.0. The largest absolute Gasteiger partial charge is 0.496 e. The van der Waals surface area contributed by atoms with Crippen molar-refractivity contribution in [2.45, 2.75) is 46.3 Å². The van der Waals surface area contributed by atoms with Gasteiger partial charge in [0.2, 0.25) is 0 Å². The lowest BCUT2D eigenvalue weighted by Crippen LogP contribution is -2.52.